The van der Waals surface area contributed by atoms with E-state index in [-0.39, 0.29) is 25.7 Å². The van der Waals surface area contributed by atoms with Crippen molar-refractivity contribution in [3.05, 3.63) is 0 Å². The molecule has 0 radical (unpaired) electrons. The zero-order chi connectivity index (χ0) is 68.0. The molecule has 546 valence electrons. The Balaban J connectivity index is 5.22. The average molecular weight is 1350 g/mol. The highest BCUT2D eigenvalue weighted by atomic mass is 31.2. The topological polar surface area (TPSA) is 237 Å². The van der Waals surface area contributed by atoms with Gasteiger partial charge < -0.3 is 33.8 Å². The zero-order valence-electron chi connectivity index (χ0n) is 60.0. The Morgan fingerprint density at radius 1 is 0.315 bits per heavy atom. The van der Waals surface area contributed by atoms with Crippen LogP contribution in [-0.2, 0) is 65.4 Å². The Morgan fingerprint density at radius 3 is 0.826 bits per heavy atom. The molecule has 0 saturated heterocycles. The molecule has 0 aliphatic rings. The number of hydrogen-bond acceptors (Lipinski definition) is 15. The third kappa shape index (κ3) is 65.4. The number of hydrogen-bond donors (Lipinski definition) is 3. The lowest BCUT2D eigenvalue weighted by molar-refractivity contribution is -0.161. The van der Waals surface area contributed by atoms with Gasteiger partial charge in [-0.1, -0.05) is 318 Å². The molecule has 0 amide bonds. The van der Waals surface area contributed by atoms with Gasteiger partial charge in [0, 0.05) is 25.7 Å². The van der Waals surface area contributed by atoms with E-state index in [4.69, 9.17) is 37.0 Å². The van der Waals surface area contributed by atoms with Gasteiger partial charge in [-0.2, -0.15) is 0 Å². The molecule has 0 fully saturated rings. The Morgan fingerprint density at radius 2 is 0.554 bits per heavy atom. The zero-order valence-corrected chi connectivity index (χ0v) is 61.8. The number of unbranched alkanes of at least 4 members (excludes halogenated alkanes) is 38. The van der Waals surface area contributed by atoms with Crippen molar-refractivity contribution < 1.29 is 80.2 Å². The summed E-state index contributed by atoms with van der Waals surface area (Å²) in [6.45, 7) is 11.8. The molecule has 0 spiro atoms. The van der Waals surface area contributed by atoms with Gasteiger partial charge >= 0.3 is 39.5 Å². The normalized spacial score (nSPS) is 14.4. The Labute approximate surface area is 562 Å². The Kier molecular flexibility index (Phi) is 62.4. The number of phosphoric ester groups is 2. The summed E-state index contributed by atoms with van der Waals surface area (Å²) in [5, 5.41) is 10.6. The quantitative estimate of drug-likeness (QED) is 0.0222. The van der Waals surface area contributed by atoms with Crippen molar-refractivity contribution in [3.8, 4) is 0 Å². The van der Waals surface area contributed by atoms with E-state index in [2.05, 4.69) is 48.5 Å². The molecule has 3 N–H and O–H groups in total. The lowest BCUT2D eigenvalue weighted by atomic mass is 10.00. The lowest BCUT2D eigenvalue weighted by Gasteiger charge is -2.21. The van der Waals surface area contributed by atoms with Gasteiger partial charge in [0.05, 0.1) is 26.4 Å². The highest BCUT2D eigenvalue weighted by Crippen LogP contribution is 2.45. The van der Waals surface area contributed by atoms with E-state index >= 15 is 0 Å². The molecule has 3 unspecified atom stereocenters. The summed E-state index contributed by atoms with van der Waals surface area (Å²) < 4.78 is 68.3. The van der Waals surface area contributed by atoms with E-state index in [9.17, 15) is 43.2 Å². The van der Waals surface area contributed by atoms with Crippen LogP contribution in [0.2, 0.25) is 0 Å². The summed E-state index contributed by atoms with van der Waals surface area (Å²) in [5.74, 6) is 0.0759. The van der Waals surface area contributed by atoms with E-state index in [1.165, 1.54) is 173 Å². The molecule has 0 aliphatic heterocycles. The van der Waals surface area contributed by atoms with Crippen LogP contribution in [-0.4, -0.2) is 96.7 Å². The van der Waals surface area contributed by atoms with Crippen molar-refractivity contribution in [3.63, 3.8) is 0 Å². The van der Waals surface area contributed by atoms with Crippen molar-refractivity contribution >= 4 is 39.5 Å². The van der Waals surface area contributed by atoms with E-state index in [1.807, 2.05) is 0 Å². The third-order valence-corrected chi connectivity index (χ3v) is 19.1. The summed E-state index contributed by atoms with van der Waals surface area (Å²) in [6, 6.07) is 0. The van der Waals surface area contributed by atoms with Crippen LogP contribution in [0.5, 0.6) is 0 Å². The van der Waals surface area contributed by atoms with Crippen molar-refractivity contribution in [1.82, 2.24) is 0 Å². The molecular formula is C73H142O17P2. The molecule has 0 aliphatic carbocycles. The van der Waals surface area contributed by atoms with Gasteiger partial charge in [-0.3, -0.25) is 37.3 Å². The van der Waals surface area contributed by atoms with Gasteiger partial charge in [0.1, 0.15) is 19.3 Å². The van der Waals surface area contributed by atoms with Gasteiger partial charge in [-0.15, -0.1) is 0 Å². The summed E-state index contributed by atoms with van der Waals surface area (Å²) >= 11 is 0. The predicted molar refractivity (Wildman–Crippen MR) is 372 cm³/mol. The van der Waals surface area contributed by atoms with Crippen LogP contribution in [0.3, 0.4) is 0 Å². The summed E-state index contributed by atoms with van der Waals surface area (Å²) in [7, 11) is -9.90. The van der Waals surface area contributed by atoms with Crippen molar-refractivity contribution in [2.75, 3.05) is 39.6 Å². The molecule has 92 heavy (non-hydrogen) atoms. The standard InChI is InChI=1S/C73H142O17P2/c1-8-10-11-12-13-14-15-16-18-22-25-28-31-40-47-54-70(75)83-60-68(89-72(77)56-49-42-32-29-26-23-20-17-19-21-24-27-30-37-44-51-64(3)4)62-87-91(79,80)85-58-67(74)59-86-92(81,82)88-63-69(61-84-71(76)55-48-41-35-33-38-45-52-65(5)6)90-73(78)57-50-43-36-34-39-46-53-66(7)9-2/h64-69,74H,8-63H2,1-7H3,(H,79,80)(H,81,82)/t66?,67-,68-,69-/m1/s1. The molecule has 19 heteroatoms. The number of rotatable bonds is 71. The van der Waals surface area contributed by atoms with Crippen LogP contribution in [0.4, 0.5) is 0 Å². The maximum Gasteiger partial charge on any atom is 0.472 e. The lowest BCUT2D eigenvalue weighted by Crippen LogP contribution is -2.30. The first-order valence-corrected chi connectivity index (χ1v) is 40.9. The van der Waals surface area contributed by atoms with Gasteiger partial charge in [0.2, 0.25) is 0 Å². The van der Waals surface area contributed by atoms with Gasteiger partial charge in [-0.25, -0.2) is 9.13 Å². The second-order valence-electron chi connectivity index (χ2n) is 27.5. The first-order chi connectivity index (χ1) is 44.3. The fourth-order valence-electron chi connectivity index (χ4n) is 11.0. The van der Waals surface area contributed by atoms with Crippen LogP contribution in [0.15, 0.2) is 0 Å². The number of esters is 4. The smallest absolute Gasteiger partial charge is 0.462 e. The minimum absolute atomic E-state index is 0.102. The number of carbonyl (C=O) groups is 4. The number of phosphoric acid groups is 2. The fraction of sp³-hybridized carbons (Fsp3) is 0.945. The molecule has 17 nitrogen and oxygen atoms in total. The number of carbonyl (C=O) groups excluding carboxylic acids is 4. The first-order valence-electron chi connectivity index (χ1n) is 37.9. The highest BCUT2D eigenvalue weighted by Gasteiger charge is 2.30. The molecule has 0 aromatic rings. The first kappa shape index (κ1) is 90.1. The van der Waals surface area contributed by atoms with Gasteiger partial charge in [0.25, 0.3) is 0 Å². The second-order valence-corrected chi connectivity index (χ2v) is 30.4. The Bertz CT molecular complexity index is 1800. The number of ether oxygens (including phenoxy) is 4. The minimum Gasteiger partial charge on any atom is -0.462 e. The van der Waals surface area contributed by atoms with Gasteiger partial charge in [-0.05, 0) is 43.4 Å². The summed E-state index contributed by atoms with van der Waals surface area (Å²) in [4.78, 5) is 72.6. The molecule has 0 aromatic carbocycles. The average Bonchev–Trinajstić information content (AvgIpc) is 1.44. The van der Waals surface area contributed by atoms with E-state index in [0.29, 0.717) is 31.6 Å². The fourth-order valence-corrected chi connectivity index (χ4v) is 12.6. The minimum atomic E-state index is -4.96. The molecule has 0 aromatic heterocycles. The highest BCUT2D eigenvalue weighted by molar-refractivity contribution is 7.47. The second kappa shape index (κ2) is 63.8. The van der Waals surface area contributed by atoms with Gasteiger partial charge in [0.15, 0.2) is 12.2 Å². The number of aliphatic hydroxyl groups is 1. The van der Waals surface area contributed by atoms with Crippen LogP contribution >= 0.6 is 15.6 Å². The van der Waals surface area contributed by atoms with Crippen LogP contribution in [0.25, 0.3) is 0 Å². The van der Waals surface area contributed by atoms with Crippen LogP contribution < -0.4 is 0 Å². The van der Waals surface area contributed by atoms with Crippen LogP contribution in [0.1, 0.15) is 370 Å². The molecule has 0 heterocycles. The number of aliphatic hydroxyl groups excluding tert-OH is 1. The van der Waals surface area contributed by atoms with E-state index < -0.39 is 97.5 Å². The SMILES string of the molecule is CCCCCCCCCCCCCCCCCC(=O)OC[C@H](COP(=O)(O)OC[C@@H](O)COP(=O)(O)OC[C@@H](COC(=O)CCCCCCCCC(C)C)OC(=O)CCCCCCCCC(C)CC)OC(=O)CCCCCCCCCCCCCCCCCC(C)C. The van der Waals surface area contributed by atoms with Crippen molar-refractivity contribution in [1.29, 1.82) is 0 Å². The maximum atomic E-state index is 13.1. The molecule has 0 rings (SSSR count). The molecular weight excluding hydrogens is 1210 g/mol. The van der Waals surface area contributed by atoms with Crippen molar-refractivity contribution in [2.45, 2.75) is 388 Å². The maximum absolute atomic E-state index is 13.1. The van der Waals surface area contributed by atoms with E-state index in [0.717, 1.165) is 108 Å². The summed E-state index contributed by atoms with van der Waals surface area (Å²) in [6.07, 6.45) is 48.8. The monoisotopic (exact) mass is 1350 g/mol. The molecule has 6 atom stereocenters. The molecule has 0 bridgehead atoms. The largest absolute Gasteiger partial charge is 0.472 e. The van der Waals surface area contributed by atoms with Crippen LogP contribution in [0, 0.1) is 17.8 Å². The summed E-state index contributed by atoms with van der Waals surface area (Å²) in [5.41, 5.74) is 0. The third-order valence-electron chi connectivity index (χ3n) is 17.2. The predicted octanol–water partition coefficient (Wildman–Crippen LogP) is 21.0. The molecule has 0 saturated carbocycles. The van der Waals surface area contributed by atoms with Crippen molar-refractivity contribution in [2.24, 2.45) is 17.8 Å². The van der Waals surface area contributed by atoms with E-state index in [1.54, 1.807) is 0 Å². The Hall–Kier alpha value is -1.94.